The minimum absolute atomic E-state index is 0.0167. The second kappa shape index (κ2) is 6.39. The number of nitrogens with one attached hydrogen (secondary N) is 1. The van der Waals surface area contributed by atoms with Crippen molar-refractivity contribution in [3.05, 3.63) is 22.4 Å². The van der Waals surface area contributed by atoms with Crippen LogP contribution in [-0.2, 0) is 16.0 Å². The first-order valence-electron chi connectivity index (χ1n) is 7.17. The molecule has 2 unspecified atom stereocenters. The fourth-order valence-electron chi connectivity index (χ4n) is 2.59. The standard InChI is InChI=1S/C15H22N2O2S/c1-4-12-14(18)16-13(10(2)3)15(19)17(12)8-7-11-6-5-9-20-11/h5-6,9-10,12-13H,4,7-8H2,1-3H3,(H,16,18). The topological polar surface area (TPSA) is 49.4 Å². The number of rotatable bonds is 5. The number of thiophene rings is 1. The maximum absolute atomic E-state index is 12.6. The molecule has 0 spiro atoms. The van der Waals surface area contributed by atoms with Crippen molar-refractivity contribution in [2.24, 2.45) is 5.92 Å². The normalized spacial score (nSPS) is 23.3. The van der Waals surface area contributed by atoms with Crippen molar-refractivity contribution in [1.29, 1.82) is 0 Å². The first-order valence-corrected chi connectivity index (χ1v) is 8.05. The van der Waals surface area contributed by atoms with Crippen molar-refractivity contribution in [2.75, 3.05) is 6.54 Å². The Labute approximate surface area is 124 Å². The maximum Gasteiger partial charge on any atom is 0.246 e. The molecular weight excluding hydrogens is 272 g/mol. The van der Waals surface area contributed by atoms with Crippen molar-refractivity contribution in [1.82, 2.24) is 10.2 Å². The van der Waals surface area contributed by atoms with Crippen LogP contribution in [0.4, 0.5) is 0 Å². The van der Waals surface area contributed by atoms with Gasteiger partial charge in [-0.15, -0.1) is 11.3 Å². The van der Waals surface area contributed by atoms with Crippen LogP contribution < -0.4 is 5.32 Å². The lowest BCUT2D eigenvalue weighted by molar-refractivity contribution is -0.150. The third kappa shape index (κ3) is 3.03. The molecule has 1 fully saturated rings. The highest BCUT2D eigenvalue weighted by Crippen LogP contribution is 2.19. The van der Waals surface area contributed by atoms with E-state index in [9.17, 15) is 9.59 Å². The molecule has 0 aromatic carbocycles. The summed E-state index contributed by atoms with van der Waals surface area (Å²) in [5.74, 6) is 0.161. The zero-order valence-corrected chi connectivity index (χ0v) is 13.1. The van der Waals surface area contributed by atoms with Gasteiger partial charge in [-0.25, -0.2) is 0 Å². The van der Waals surface area contributed by atoms with Gasteiger partial charge in [-0.1, -0.05) is 26.8 Å². The molecule has 1 saturated heterocycles. The highest BCUT2D eigenvalue weighted by atomic mass is 32.1. The van der Waals surface area contributed by atoms with Crippen molar-refractivity contribution in [2.45, 2.75) is 45.7 Å². The Bertz CT molecular complexity index is 470. The van der Waals surface area contributed by atoms with Gasteiger partial charge in [-0.3, -0.25) is 9.59 Å². The minimum atomic E-state index is -0.381. The summed E-state index contributed by atoms with van der Waals surface area (Å²) in [6, 6.07) is 3.38. The number of amides is 2. The number of hydrogen-bond acceptors (Lipinski definition) is 3. The molecule has 0 bridgehead atoms. The van der Waals surface area contributed by atoms with Crippen molar-refractivity contribution < 1.29 is 9.59 Å². The van der Waals surface area contributed by atoms with Crippen molar-refractivity contribution >= 4 is 23.2 Å². The molecular formula is C15H22N2O2S. The molecule has 1 N–H and O–H groups in total. The average Bonchev–Trinajstić information content (AvgIpc) is 2.91. The van der Waals surface area contributed by atoms with E-state index in [4.69, 9.17) is 0 Å². The molecule has 1 aliphatic rings. The number of hydrogen-bond donors (Lipinski definition) is 1. The fraction of sp³-hybridized carbons (Fsp3) is 0.600. The second-order valence-corrected chi connectivity index (χ2v) is 6.55. The predicted octanol–water partition coefficient (Wildman–Crippen LogP) is 2.05. The Morgan fingerprint density at radius 2 is 2.15 bits per heavy atom. The van der Waals surface area contributed by atoms with Crippen LogP contribution in [0.25, 0.3) is 0 Å². The van der Waals surface area contributed by atoms with E-state index in [0.29, 0.717) is 13.0 Å². The third-order valence-corrected chi connectivity index (χ3v) is 4.69. The van der Waals surface area contributed by atoms with Crippen molar-refractivity contribution in [3.8, 4) is 0 Å². The van der Waals surface area contributed by atoms with Gasteiger partial charge < -0.3 is 10.2 Å². The van der Waals surface area contributed by atoms with E-state index >= 15 is 0 Å². The number of nitrogens with zero attached hydrogens (tertiary/aromatic N) is 1. The van der Waals surface area contributed by atoms with Gasteiger partial charge in [0.15, 0.2) is 0 Å². The lowest BCUT2D eigenvalue weighted by Crippen LogP contribution is -2.64. The SMILES string of the molecule is CCC1C(=O)NC(C(C)C)C(=O)N1CCc1cccs1. The third-order valence-electron chi connectivity index (χ3n) is 3.76. The Hall–Kier alpha value is -1.36. The summed E-state index contributed by atoms with van der Waals surface area (Å²) < 4.78 is 0. The number of carbonyl (C=O) groups is 2. The molecule has 4 nitrogen and oxygen atoms in total. The van der Waals surface area contributed by atoms with Gasteiger partial charge in [-0.05, 0) is 30.2 Å². The van der Waals surface area contributed by atoms with Crippen LogP contribution >= 0.6 is 11.3 Å². The maximum atomic E-state index is 12.6. The average molecular weight is 294 g/mol. The van der Waals surface area contributed by atoms with Crippen LogP contribution in [0.1, 0.15) is 32.1 Å². The first kappa shape index (κ1) is 15.0. The highest BCUT2D eigenvalue weighted by Gasteiger charge is 2.40. The summed E-state index contributed by atoms with van der Waals surface area (Å²) in [5, 5.41) is 4.90. The molecule has 20 heavy (non-hydrogen) atoms. The fourth-order valence-corrected chi connectivity index (χ4v) is 3.29. The molecule has 5 heteroatoms. The Balaban J connectivity index is 2.11. The lowest BCUT2D eigenvalue weighted by Gasteiger charge is -2.40. The minimum Gasteiger partial charge on any atom is -0.342 e. The largest absolute Gasteiger partial charge is 0.342 e. The quantitative estimate of drug-likeness (QED) is 0.903. The molecule has 1 aliphatic heterocycles. The molecule has 1 aromatic heterocycles. The zero-order valence-electron chi connectivity index (χ0n) is 12.3. The smallest absolute Gasteiger partial charge is 0.246 e. The van der Waals surface area contributed by atoms with Gasteiger partial charge in [-0.2, -0.15) is 0 Å². The summed E-state index contributed by atoms with van der Waals surface area (Å²) in [4.78, 5) is 27.7. The van der Waals surface area contributed by atoms with Gasteiger partial charge in [0, 0.05) is 11.4 Å². The number of carbonyl (C=O) groups excluding carboxylic acids is 2. The molecule has 1 aromatic rings. The summed E-state index contributed by atoms with van der Waals surface area (Å²) in [7, 11) is 0. The first-order chi connectivity index (χ1) is 9.54. The Kier molecular flexibility index (Phi) is 4.81. The molecule has 0 radical (unpaired) electrons. The summed E-state index contributed by atoms with van der Waals surface area (Å²) >= 11 is 1.69. The van der Waals surface area contributed by atoms with Gasteiger partial charge in [0.1, 0.15) is 12.1 Å². The second-order valence-electron chi connectivity index (χ2n) is 5.52. The van der Waals surface area contributed by atoms with Crippen LogP contribution in [0.3, 0.4) is 0 Å². The molecule has 2 atom stereocenters. The molecule has 2 amide bonds. The van der Waals surface area contributed by atoms with Gasteiger partial charge in [0.2, 0.25) is 11.8 Å². The van der Waals surface area contributed by atoms with Crippen LogP contribution in [0.5, 0.6) is 0 Å². The van der Waals surface area contributed by atoms with Crippen LogP contribution in [0, 0.1) is 5.92 Å². The molecule has 110 valence electrons. The molecule has 2 heterocycles. The number of piperazine rings is 1. The van der Waals surface area contributed by atoms with Gasteiger partial charge in [0.25, 0.3) is 0 Å². The van der Waals surface area contributed by atoms with Gasteiger partial charge >= 0.3 is 0 Å². The van der Waals surface area contributed by atoms with E-state index in [0.717, 1.165) is 6.42 Å². The van der Waals surface area contributed by atoms with E-state index in [1.54, 1.807) is 16.2 Å². The zero-order chi connectivity index (χ0) is 14.7. The van der Waals surface area contributed by atoms with E-state index in [1.807, 2.05) is 32.2 Å². The van der Waals surface area contributed by atoms with Crippen LogP contribution in [0.15, 0.2) is 17.5 Å². The van der Waals surface area contributed by atoms with Crippen LogP contribution in [-0.4, -0.2) is 35.3 Å². The summed E-state index contributed by atoms with van der Waals surface area (Å²) in [6.45, 7) is 6.50. The van der Waals surface area contributed by atoms with E-state index < -0.39 is 0 Å². The Morgan fingerprint density at radius 3 is 2.70 bits per heavy atom. The van der Waals surface area contributed by atoms with Gasteiger partial charge in [0.05, 0.1) is 0 Å². The molecule has 0 aliphatic carbocycles. The van der Waals surface area contributed by atoms with Crippen molar-refractivity contribution in [3.63, 3.8) is 0 Å². The summed E-state index contributed by atoms with van der Waals surface area (Å²) in [5.41, 5.74) is 0. The Morgan fingerprint density at radius 1 is 1.40 bits per heavy atom. The lowest BCUT2D eigenvalue weighted by atomic mass is 9.96. The molecule has 0 saturated carbocycles. The molecule has 2 rings (SSSR count). The van der Waals surface area contributed by atoms with E-state index in [1.165, 1.54) is 4.88 Å². The van der Waals surface area contributed by atoms with Crippen LogP contribution in [0.2, 0.25) is 0 Å². The monoisotopic (exact) mass is 294 g/mol. The van der Waals surface area contributed by atoms with E-state index in [-0.39, 0.29) is 29.8 Å². The van der Waals surface area contributed by atoms with E-state index in [2.05, 4.69) is 11.4 Å². The highest BCUT2D eigenvalue weighted by molar-refractivity contribution is 7.09. The summed E-state index contributed by atoms with van der Waals surface area (Å²) in [6.07, 6.45) is 1.48. The predicted molar refractivity (Wildman–Crippen MR) is 80.6 cm³/mol.